The molecule has 1 saturated heterocycles. The molecule has 2 N–H and O–H groups in total. The van der Waals surface area contributed by atoms with Crippen LogP contribution in [0.4, 0.5) is 0 Å². The van der Waals surface area contributed by atoms with Crippen LogP contribution in [0.5, 0.6) is 0 Å². The Kier molecular flexibility index (Phi) is 7.51. The van der Waals surface area contributed by atoms with Gasteiger partial charge in [-0.05, 0) is 61.1 Å². The predicted octanol–water partition coefficient (Wildman–Crippen LogP) is 3.79. The smallest absolute Gasteiger partial charge is 0.243 e. The Morgan fingerprint density at radius 1 is 1.18 bits per heavy atom. The highest BCUT2D eigenvalue weighted by Gasteiger charge is 2.46. The molecular weight excluding hydrogens is 436 g/mol. The minimum absolute atomic E-state index is 0.00727. The highest BCUT2D eigenvalue weighted by atomic mass is 32.2. The zero-order chi connectivity index (χ0) is 24.6. The maximum Gasteiger partial charge on any atom is 0.243 e. The maximum atomic E-state index is 13.2. The first-order valence-corrected chi connectivity index (χ1v) is 13.5. The van der Waals surface area contributed by atoms with Crippen LogP contribution in [0.25, 0.3) is 0 Å². The number of hydrogen-bond acceptors (Lipinski definition) is 6. The number of hydrogen-bond donors (Lipinski definition) is 1. The summed E-state index contributed by atoms with van der Waals surface area (Å²) in [6, 6.07) is 7.33. The van der Waals surface area contributed by atoms with E-state index in [1.54, 1.807) is 23.5 Å². The molecule has 0 saturated carbocycles. The average Bonchev–Trinajstić information content (AvgIpc) is 2.95. The van der Waals surface area contributed by atoms with Crippen LogP contribution in [0.3, 0.4) is 0 Å². The van der Waals surface area contributed by atoms with Gasteiger partial charge >= 0.3 is 0 Å². The van der Waals surface area contributed by atoms with Gasteiger partial charge in [0, 0.05) is 26.7 Å². The number of sulfonamides is 1. The Balaban J connectivity index is 1.63. The Hall–Kier alpha value is -1.64. The lowest BCUT2D eigenvalue weighted by molar-refractivity contribution is -0.0400. The van der Waals surface area contributed by atoms with Gasteiger partial charge in [-0.3, -0.25) is 0 Å². The molecule has 0 aliphatic carbocycles. The first kappa shape index (κ1) is 26.0. The van der Waals surface area contributed by atoms with E-state index in [-0.39, 0.29) is 17.2 Å². The van der Waals surface area contributed by atoms with Crippen molar-refractivity contribution in [2.45, 2.75) is 82.9 Å². The zero-order valence-corrected chi connectivity index (χ0v) is 22.2. The third kappa shape index (κ3) is 5.54. The number of benzene rings is 1. The SMILES string of the molecule is COC1N(CC2CCN(S(=O)(=O)c3ccc(C(C)(C)C)cc3)CC2)C(N)=NC1(C)CC(C)C. The molecule has 2 unspecified atom stereocenters. The second-order valence-electron chi connectivity index (χ2n) is 11.3. The molecule has 3 rings (SSSR count). The molecule has 186 valence electrons. The van der Waals surface area contributed by atoms with Gasteiger partial charge in [-0.25, -0.2) is 13.4 Å². The number of nitrogens with zero attached hydrogens (tertiary/aromatic N) is 3. The van der Waals surface area contributed by atoms with Gasteiger partial charge in [0.05, 0.1) is 4.90 Å². The van der Waals surface area contributed by atoms with Crippen LogP contribution >= 0.6 is 0 Å². The van der Waals surface area contributed by atoms with E-state index in [1.807, 2.05) is 12.1 Å². The number of aliphatic imine (C=N–C) groups is 1. The summed E-state index contributed by atoms with van der Waals surface area (Å²) in [7, 11) is -1.77. The van der Waals surface area contributed by atoms with Gasteiger partial charge in [-0.1, -0.05) is 46.8 Å². The zero-order valence-electron chi connectivity index (χ0n) is 21.3. The van der Waals surface area contributed by atoms with Gasteiger partial charge in [-0.2, -0.15) is 4.31 Å². The Labute approximate surface area is 200 Å². The molecule has 1 aromatic carbocycles. The van der Waals surface area contributed by atoms with E-state index < -0.39 is 10.0 Å². The summed E-state index contributed by atoms with van der Waals surface area (Å²) in [5.41, 5.74) is 7.07. The number of methoxy groups -OCH3 is 1. The van der Waals surface area contributed by atoms with Crippen LogP contribution in [0.2, 0.25) is 0 Å². The summed E-state index contributed by atoms with van der Waals surface area (Å²) >= 11 is 0. The van der Waals surface area contributed by atoms with Crippen LogP contribution in [0.1, 0.15) is 66.4 Å². The van der Waals surface area contributed by atoms with Crippen LogP contribution in [-0.4, -0.2) is 62.1 Å². The second-order valence-corrected chi connectivity index (χ2v) is 13.2. The lowest BCUT2D eigenvalue weighted by Crippen LogP contribution is -2.51. The van der Waals surface area contributed by atoms with Crippen LogP contribution in [-0.2, 0) is 20.2 Å². The van der Waals surface area contributed by atoms with Gasteiger partial charge in [0.2, 0.25) is 10.0 Å². The molecule has 33 heavy (non-hydrogen) atoms. The molecule has 0 radical (unpaired) electrons. The summed E-state index contributed by atoms with van der Waals surface area (Å²) in [4.78, 5) is 7.21. The summed E-state index contributed by atoms with van der Waals surface area (Å²) in [6.45, 7) is 14.6. The predicted molar refractivity (Wildman–Crippen MR) is 134 cm³/mol. The van der Waals surface area contributed by atoms with Crippen molar-refractivity contribution in [3.63, 3.8) is 0 Å². The van der Waals surface area contributed by atoms with Crippen LogP contribution in [0.15, 0.2) is 34.2 Å². The molecule has 0 spiro atoms. The van der Waals surface area contributed by atoms with Crippen molar-refractivity contribution in [2.24, 2.45) is 22.6 Å². The Morgan fingerprint density at radius 2 is 1.76 bits per heavy atom. The standard InChI is InChI=1S/C25H42N4O3S/c1-18(2)16-25(6)22(32-7)29(23(26)27-25)17-19-12-14-28(15-13-19)33(30,31)21-10-8-20(9-11-21)24(3,4)5/h8-11,18-19,22H,12-17H2,1-7H3,(H2,26,27). The molecule has 0 amide bonds. The monoisotopic (exact) mass is 478 g/mol. The minimum Gasteiger partial charge on any atom is -0.370 e. The lowest BCUT2D eigenvalue weighted by Gasteiger charge is -2.38. The number of guanidine groups is 1. The van der Waals surface area contributed by atoms with Crippen molar-refractivity contribution in [1.82, 2.24) is 9.21 Å². The highest BCUT2D eigenvalue weighted by Crippen LogP contribution is 2.35. The molecular formula is C25H42N4O3S. The second kappa shape index (κ2) is 9.55. The molecule has 8 heteroatoms. The first-order valence-electron chi connectivity index (χ1n) is 12.0. The quantitative estimate of drug-likeness (QED) is 0.644. The van der Waals surface area contributed by atoms with Crippen molar-refractivity contribution >= 4 is 16.0 Å². The van der Waals surface area contributed by atoms with Gasteiger partial charge in [0.15, 0.2) is 12.2 Å². The van der Waals surface area contributed by atoms with Gasteiger partial charge in [-0.15, -0.1) is 0 Å². The van der Waals surface area contributed by atoms with Crippen LogP contribution < -0.4 is 5.73 Å². The van der Waals surface area contributed by atoms with E-state index in [1.165, 1.54) is 0 Å². The third-order valence-corrected chi connectivity index (χ3v) is 8.82. The first-order chi connectivity index (χ1) is 15.3. The number of ether oxygens (including phenoxy) is 1. The van der Waals surface area contributed by atoms with E-state index in [0.717, 1.165) is 31.4 Å². The normalized spacial score (nSPS) is 25.6. The molecule has 1 aromatic rings. The van der Waals surface area contributed by atoms with Crippen molar-refractivity contribution in [3.8, 4) is 0 Å². The Bertz CT molecular complexity index is 945. The van der Waals surface area contributed by atoms with Crippen LogP contribution in [0, 0.1) is 11.8 Å². The molecule has 2 aliphatic heterocycles. The molecule has 2 aliphatic rings. The maximum absolute atomic E-state index is 13.2. The Morgan fingerprint density at radius 3 is 2.24 bits per heavy atom. The fraction of sp³-hybridized carbons (Fsp3) is 0.720. The molecule has 2 heterocycles. The number of rotatable bonds is 7. The minimum atomic E-state index is -3.49. The fourth-order valence-electron chi connectivity index (χ4n) is 5.27. The average molecular weight is 479 g/mol. The number of piperidine rings is 1. The summed E-state index contributed by atoms with van der Waals surface area (Å²) in [5.74, 6) is 1.35. The van der Waals surface area contributed by atoms with Gasteiger partial charge in [0.1, 0.15) is 5.54 Å². The molecule has 0 bridgehead atoms. The summed E-state index contributed by atoms with van der Waals surface area (Å²) in [6.07, 6.45) is 2.29. The fourth-order valence-corrected chi connectivity index (χ4v) is 6.74. The molecule has 7 nitrogen and oxygen atoms in total. The van der Waals surface area contributed by atoms with Crippen molar-refractivity contribution < 1.29 is 13.2 Å². The summed E-state index contributed by atoms with van der Waals surface area (Å²) in [5, 5.41) is 0. The van der Waals surface area contributed by atoms with E-state index in [4.69, 9.17) is 15.5 Å². The van der Waals surface area contributed by atoms with Gasteiger partial charge < -0.3 is 15.4 Å². The highest BCUT2D eigenvalue weighted by molar-refractivity contribution is 7.89. The molecule has 1 fully saturated rings. The topological polar surface area (TPSA) is 88.2 Å². The molecule has 0 aromatic heterocycles. The lowest BCUT2D eigenvalue weighted by atomic mass is 9.87. The van der Waals surface area contributed by atoms with E-state index >= 15 is 0 Å². The van der Waals surface area contributed by atoms with Gasteiger partial charge in [0.25, 0.3) is 0 Å². The molecule has 2 atom stereocenters. The summed E-state index contributed by atoms with van der Waals surface area (Å²) < 4.78 is 33.9. The van der Waals surface area contributed by atoms with Crippen molar-refractivity contribution in [2.75, 3.05) is 26.7 Å². The third-order valence-electron chi connectivity index (χ3n) is 6.91. The van der Waals surface area contributed by atoms with Crippen molar-refractivity contribution in [3.05, 3.63) is 29.8 Å². The van der Waals surface area contributed by atoms with Crippen molar-refractivity contribution in [1.29, 1.82) is 0 Å². The van der Waals surface area contributed by atoms with E-state index in [0.29, 0.717) is 35.8 Å². The van der Waals surface area contributed by atoms with E-state index in [2.05, 4.69) is 46.4 Å². The largest absolute Gasteiger partial charge is 0.370 e. The van der Waals surface area contributed by atoms with E-state index in [9.17, 15) is 8.42 Å². The number of nitrogens with two attached hydrogens (primary N) is 1.